The molecule has 0 saturated carbocycles. The molecule has 5 nitrogen and oxygen atoms in total. The quantitative estimate of drug-likeness (QED) is 0.450. The van der Waals surface area contributed by atoms with E-state index in [0.717, 1.165) is 6.07 Å². The minimum absolute atomic E-state index is 0.0997. The first-order valence-electron chi connectivity index (χ1n) is 4.64. The Morgan fingerprint density at radius 1 is 1.56 bits per heavy atom. The summed E-state index contributed by atoms with van der Waals surface area (Å²) in [6.07, 6.45) is 1.08. The van der Waals surface area contributed by atoms with Gasteiger partial charge in [-0.15, -0.1) is 0 Å². The molecular weight excluding hydrogens is 215 g/mol. The van der Waals surface area contributed by atoms with Gasteiger partial charge in [-0.05, 0) is 19.9 Å². The fourth-order valence-corrected chi connectivity index (χ4v) is 0.943. The second-order valence-electron chi connectivity index (χ2n) is 3.35. The molecule has 0 radical (unpaired) electrons. The van der Waals surface area contributed by atoms with Crippen LogP contribution in [0, 0.1) is 15.9 Å². The predicted molar refractivity (Wildman–Crippen MR) is 56.9 cm³/mol. The van der Waals surface area contributed by atoms with Gasteiger partial charge >= 0.3 is 0 Å². The van der Waals surface area contributed by atoms with E-state index >= 15 is 0 Å². The lowest BCUT2D eigenvalue weighted by atomic mass is 10.2. The van der Waals surface area contributed by atoms with Crippen LogP contribution in [0.2, 0.25) is 0 Å². The Morgan fingerprint density at radius 3 is 2.75 bits per heavy atom. The molecule has 0 aromatic heterocycles. The molecule has 0 aliphatic heterocycles. The van der Waals surface area contributed by atoms with E-state index in [1.165, 1.54) is 18.3 Å². The Kier molecular flexibility index (Phi) is 3.93. The fourth-order valence-electron chi connectivity index (χ4n) is 0.943. The van der Waals surface area contributed by atoms with Gasteiger partial charge in [0, 0.05) is 11.6 Å². The molecule has 0 aliphatic rings. The molecule has 0 N–H and O–H groups in total. The molecule has 6 heteroatoms. The maximum absolute atomic E-state index is 13.3. The highest BCUT2D eigenvalue weighted by Crippen LogP contribution is 2.15. The molecule has 0 unspecified atom stereocenters. The number of nitro groups is 1. The molecule has 0 heterocycles. The summed E-state index contributed by atoms with van der Waals surface area (Å²) in [4.78, 5) is 14.5. The third-order valence-electron chi connectivity index (χ3n) is 1.66. The minimum Gasteiger partial charge on any atom is -0.393 e. The summed E-state index contributed by atoms with van der Waals surface area (Å²) in [5.41, 5.74) is -0.148. The van der Waals surface area contributed by atoms with Gasteiger partial charge < -0.3 is 4.84 Å². The molecule has 86 valence electrons. The molecule has 16 heavy (non-hydrogen) atoms. The smallest absolute Gasteiger partial charge is 0.272 e. The van der Waals surface area contributed by atoms with Crippen LogP contribution in [0.4, 0.5) is 10.1 Å². The lowest BCUT2D eigenvalue weighted by molar-refractivity contribution is -0.385. The number of nitro benzene ring substituents is 1. The van der Waals surface area contributed by atoms with Gasteiger partial charge in [0.15, 0.2) is 0 Å². The first-order chi connectivity index (χ1) is 7.50. The van der Waals surface area contributed by atoms with Crippen molar-refractivity contribution < 1.29 is 14.2 Å². The molecule has 0 saturated heterocycles. The second-order valence-corrected chi connectivity index (χ2v) is 3.35. The number of halogens is 1. The van der Waals surface area contributed by atoms with E-state index in [1.54, 1.807) is 13.8 Å². The standard InChI is InChI=1S/C10H11FN2O3/c1-7(2)16-12-6-8-3-4-9(13(14)15)5-10(8)11/h3-7H,1-2H3/b12-6-. The van der Waals surface area contributed by atoms with E-state index in [9.17, 15) is 14.5 Å². The van der Waals surface area contributed by atoms with E-state index in [-0.39, 0.29) is 17.4 Å². The molecular formula is C10H11FN2O3. The van der Waals surface area contributed by atoms with Crippen molar-refractivity contribution in [2.45, 2.75) is 20.0 Å². The topological polar surface area (TPSA) is 64.7 Å². The van der Waals surface area contributed by atoms with Gasteiger partial charge in [-0.25, -0.2) is 4.39 Å². The monoisotopic (exact) mass is 226 g/mol. The van der Waals surface area contributed by atoms with Crippen molar-refractivity contribution in [1.82, 2.24) is 0 Å². The van der Waals surface area contributed by atoms with Crippen LogP contribution in [0.15, 0.2) is 23.4 Å². The normalized spacial score (nSPS) is 11.0. The zero-order chi connectivity index (χ0) is 12.1. The average Bonchev–Trinajstić information content (AvgIpc) is 2.19. The summed E-state index contributed by atoms with van der Waals surface area (Å²) < 4.78 is 13.3. The van der Waals surface area contributed by atoms with Gasteiger partial charge in [0.25, 0.3) is 5.69 Å². The average molecular weight is 226 g/mol. The van der Waals surface area contributed by atoms with Crippen LogP contribution >= 0.6 is 0 Å². The SMILES string of the molecule is CC(C)O/N=C\c1ccc([N+](=O)[O-])cc1F. The highest BCUT2D eigenvalue weighted by molar-refractivity contribution is 5.79. The van der Waals surface area contributed by atoms with Crippen LogP contribution in [0.3, 0.4) is 0 Å². The van der Waals surface area contributed by atoms with Gasteiger partial charge in [0.1, 0.15) is 11.9 Å². The van der Waals surface area contributed by atoms with Crippen LogP contribution in [0.25, 0.3) is 0 Å². The lowest BCUT2D eigenvalue weighted by Crippen LogP contribution is -1.97. The van der Waals surface area contributed by atoms with Crippen LogP contribution in [0.1, 0.15) is 19.4 Å². The molecule has 0 aliphatic carbocycles. The Bertz CT molecular complexity index is 419. The summed E-state index contributed by atoms with van der Waals surface area (Å²) in [7, 11) is 0. The van der Waals surface area contributed by atoms with Crippen molar-refractivity contribution in [3.05, 3.63) is 39.7 Å². The number of hydrogen-bond donors (Lipinski definition) is 0. The van der Waals surface area contributed by atoms with Crippen molar-refractivity contribution in [3.63, 3.8) is 0 Å². The van der Waals surface area contributed by atoms with Crippen LogP contribution in [-0.4, -0.2) is 17.2 Å². The van der Waals surface area contributed by atoms with E-state index in [0.29, 0.717) is 0 Å². The third kappa shape index (κ3) is 3.30. The van der Waals surface area contributed by atoms with Crippen molar-refractivity contribution in [1.29, 1.82) is 0 Å². The summed E-state index contributed by atoms with van der Waals surface area (Å²) in [5, 5.41) is 13.9. The van der Waals surface area contributed by atoms with Gasteiger partial charge in [-0.2, -0.15) is 0 Å². The first-order valence-corrected chi connectivity index (χ1v) is 4.64. The number of rotatable bonds is 4. The minimum atomic E-state index is -0.703. The predicted octanol–water partition coefficient (Wildman–Crippen LogP) is 2.49. The molecule has 0 spiro atoms. The first kappa shape index (κ1) is 12.1. The van der Waals surface area contributed by atoms with Crippen molar-refractivity contribution in [2.75, 3.05) is 0 Å². The summed E-state index contributed by atoms with van der Waals surface area (Å²) in [5.74, 6) is -0.703. The summed E-state index contributed by atoms with van der Waals surface area (Å²) >= 11 is 0. The molecule has 1 rings (SSSR count). The fraction of sp³-hybridized carbons (Fsp3) is 0.300. The van der Waals surface area contributed by atoms with E-state index in [4.69, 9.17) is 4.84 Å². The number of oxime groups is 1. The molecule has 0 bridgehead atoms. The number of hydrogen-bond acceptors (Lipinski definition) is 4. The van der Waals surface area contributed by atoms with Crippen LogP contribution in [0.5, 0.6) is 0 Å². The molecule has 0 atom stereocenters. The number of non-ortho nitro benzene ring substituents is 1. The van der Waals surface area contributed by atoms with Crippen LogP contribution < -0.4 is 0 Å². The highest BCUT2D eigenvalue weighted by Gasteiger charge is 2.09. The van der Waals surface area contributed by atoms with Crippen molar-refractivity contribution in [2.24, 2.45) is 5.16 Å². The maximum atomic E-state index is 13.3. The Labute approximate surface area is 91.7 Å². The molecule has 1 aromatic rings. The summed E-state index contributed by atoms with van der Waals surface area (Å²) in [6.45, 7) is 3.56. The molecule has 0 fully saturated rings. The number of nitrogens with zero attached hydrogens (tertiary/aromatic N) is 2. The van der Waals surface area contributed by atoms with Crippen molar-refractivity contribution >= 4 is 11.9 Å². The van der Waals surface area contributed by atoms with Gasteiger partial charge in [-0.3, -0.25) is 10.1 Å². The zero-order valence-corrected chi connectivity index (χ0v) is 8.88. The largest absolute Gasteiger partial charge is 0.393 e. The van der Waals surface area contributed by atoms with E-state index in [1.807, 2.05) is 0 Å². The molecule has 1 aromatic carbocycles. The second kappa shape index (κ2) is 5.20. The third-order valence-corrected chi connectivity index (χ3v) is 1.66. The van der Waals surface area contributed by atoms with E-state index in [2.05, 4.69) is 5.16 Å². The lowest BCUT2D eigenvalue weighted by Gasteiger charge is -2.01. The highest BCUT2D eigenvalue weighted by atomic mass is 19.1. The van der Waals surface area contributed by atoms with E-state index < -0.39 is 10.7 Å². The Balaban J connectivity index is 2.83. The van der Waals surface area contributed by atoms with Gasteiger partial charge in [0.05, 0.1) is 17.2 Å². The van der Waals surface area contributed by atoms with Crippen LogP contribution in [-0.2, 0) is 4.84 Å². The number of benzene rings is 1. The zero-order valence-electron chi connectivity index (χ0n) is 8.88. The van der Waals surface area contributed by atoms with Gasteiger partial charge in [-0.1, -0.05) is 5.16 Å². The molecule has 0 amide bonds. The van der Waals surface area contributed by atoms with Gasteiger partial charge in [0.2, 0.25) is 0 Å². The Morgan fingerprint density at radius 2 is 2.25 bits per heavy atom. The Hall–Kier alpha value is -1.98. The van der Waals surface area contributed by atoms with Crippen molar-refractivity contribution in [3.8, 4) is 0 Å². The maximum Gasteiger partial charge on any atom is 0.272 e. The summed E-state index contributed by atoms with van der Waals surface area (Å²) in [6, 6.07) is 3.33.